The molecule has 106 valence electrons. The van der Waals surface area contributed by atoms with Gasteiger partial charge in [-0.1, -0.05) is 0 Å². The first-order valence-electron chi connectivity index (χ1n) is 6.83. The molecule has 0 aromatic carbocycles. The van der Waals surface area contributed by atoms with Crippen LogP contribution in [0.15, 0.2) is 23.2 Å². The lowest BCUT2D eigenvalue weighted by Gasteiger charge is -2.22. The monoisotopic (exact) mass is 290 g/mol. The third kappa shape index (κ3) is 2.76. The van der Waals surface area contributed by atoms with Crippen LogP contribution in [0.2, 0.25) is 0 Å². The zero-order chi connectivity index (χ0) is 13.9. The van der Waals surface area contributed by atoms with E-state index in [0.29, 0.717) is 6.04 Å². The van der Waals surface area contributed by atoms with Crippen LogP contribution in [0.1, 0.15) is 34.8 Å². The minimum atomic E-state index is -0.0615. The van der Waals surface area contributed by atoms with Crippen LogP contribution in [0.3, 0.4) is 0 Å². The summed E-state index contributed by atoms with van der Waals surface area (Å²) in [7, 11) is 0. The molecule has 3 heterocycles. The smallest absolute Gasteiger partial charge is 0.256 e. The number of rotatable bonds is 3. The molecule has 20 heavy (non-hydrogen) atoms. The van der Waals surface area contributed by atoms with Crippen LogP contribution in [-0.4, -0.2) is 28.8 Å². The maximum Gasteiger partial charge on any atom is 0.256 e. The average Bonchev–Trinajstić information content (AvgIpc) is 3.09. The number of aromatic nitrogens is 2. The fourth-order valence-corrected chi connectivity index (χ4v) is 3.29. The summed E-state index contributed by atoms with van der Waals surface area (Å²) in [6.45, 7) is 4.00. The minimum absolute atomic E-state index is 0.0615. The molecular formula is C14H18N4OS. The van der Waals surface area contributed by atoms with Crippen molar-refractivity contribution in [1.29, 1.82) is 0 Å². The SMILES string of the molecule is Cc1cscc1C(=O)Nc1cnn(C2CCNCC2)c1. The van der Waals surface area contributed by atoms with Gasteiger partial charge in [-0.3, -0.25) is 9.48 Å². The third-order valence-corrected chi connectivity index (χ3v) is 4.50. The van der Waals surface area contributed by atoms with Gasteiger partial charge in [0.2, 0.25) is 0 Å². The largest absolute Gasteiger partial charge is 0.319 e. The molecule has 3 rings (SSSR count). The molecule has 0 unspecified atom stereocenters. The Bertz CT molecular complexity index is 598. The maximum absolute atomic E-state index is 12.1. The molecule has 0 radical (unpaired) electrons. The Morgan fingerprint density at radius 3 is 2.95 bits per heavy atom. The molecule has 1 fully saturated rings. The molecule has 0 atom stereocenters. The second-order valence-corrected chi connectivity index (χ2v) is 5.86. The molecule has 1 amide bonds. The highest BCUT2D eigenvalue weighted by Gasteiger charge is 2.16. The van der Waals surface area contributed by atoms with Gasteiger partial charge in [0.15, 0.2) is 0 Å². The first-order valence-corrected chi connectivity index (χ1v) is 7.77. The number of piperidine rings is 1. The fourth-order valence-electron chi connectivity index (χ4n) is 2.47. The first-order chi connectivity index (χ1) is 9.74. The van der Waals surface area contributed by atoms with Crippen molar-refractivity contribution in [2.24, 2.45) is 0 Å². The van der Waals surface area contributed by atoms with Crippen molar-refractivity contribution in [3.8, 4) is 0 Å². The number of carbonyl (C=O) groups excluding carboxylic acids is 1. The van der Waals surface area contributed by atoms with Crippen molar-refractivity contribution in [2.75, 3.05) is 18.4 Å². The van der Waals surface area contributed by atoms with E-state index in [1.165, 1.54) is 0 Å². The number of hydrogen-bond donors (Lipinski definition) is 2. The van der Waals surface area contributed by atoms with Gasteiger partial charge in [-0.25, -0.2) is 0 Å². The average molecular weight is 290 g/mol. The van der Waals surface area contributed by atoms with Gasteiger partial charge in [-0.2, -0.15) is 16.4 Å². The van der Waals surface area contributed by atoms with Crippen LogP contribution >= 0.6 is 11.3 Å². The maximum atomic E-state index is 12.1. The highest BCUT2D eigenvalue weighted by atomic mass is 32.1. The fraction of sp³-hybridized carbons (Fsp3) is 0.429. The third-order valence-electron chi connectivity index (χ3n) is 3.64. The molecule has 0 bridgehead atoms. The molecule has 5 nitrogen and oxygen atoms in total. The van der Waals surface area contributed by atoms with E-state index in [2.05, 4.69) is 15.7 Å². The molecule has 6 heteroatoms. The molecular weight excluding hydrogens is 272 g/mol. The summed E-state index contributed by atoms with van der Waals surface area (Å²) < 4.78 is 1.97. The summed E-state index contributed by atoms with van der Waals surface area (Å²) in [6, 6.07) is 0.435. The van der Waals surface area contributed by atoms with Crippen molar-refractivity contribution in [3.63, 3.8) is 0 Å². The molecule has 2 aromatic rings. The number of aryl methyl sites for hydroxylation is 1. The van der Waals surface area contributed by atoms with Crippen LogP contribution in [0, 0.1) is 6.92 Å². The van der Waals surface area contributed by atoms with E-state index >= 15 is 0 Å². The topological polar surface area (TPSA) is 59.0 Å². The summed E-state index contributed by atoms with van der Waals surface area (Å²) in [5, 5.41) is 14.5. The Morgan fingerprint density at radius 2 is 2.25 bits per heavy atom. The predicted molar refractivity (Wildman–Crippen MR) is 80.4 cm³/mol. The van der Waals surface area contributed by atoms with E-state index in [4.69, 9.17) is 0 Å². The van der Waals surface area contributed by atoms with E-state index in [0.717, 1.165) is 42.7 Å². The van der Waals surface area contributed by atoms with Gasteiger partial charge in [0.05, 0.1) is 23.5 Å². The normalized spacial score (nSPS) is 16.2. The number of nitrogens with one attached hydrogen (secondary N) is 2. The van der Waals surface area contributed by atoms with Crippen molar-refractivity contribution < 1.29 is 4.79 Å². The van der Waals surface area contributed by atoms with Crippen molar-refractivity contribution >= 4 is 22.9 Å². The highest BCUT2D eigenvalue weighted by Crippen LogP contribution is 2.20. The summed E-state index contributed by atoms with van der Waals surface area (Å²) in [4.78, 5) is 12.1. The molecule has 0 saturated carbocycles. The van der Waals surface area contributed by atoms with Gasteiger partial charge in [0.25, 0.3) is 5.91 Å². The quantitative estimate of drug-likeness (QED) is 0.912. The van der Waals surface area contributed by atoms with Gasteiger partial charge >= 0.3 is 0 Å². The zero-order valence-electron chi connectivity index (χ0n) is 11.4. The molecule has 1 aliphatic heterocycles. The van der Waals surface area contributed by atoms with Gasteiger partial charge < -0.3 is 10.6 Å². The Labute approximate surface area is 122 Å². The second kappa shape index (κ2) is 5.76. The van der Waals surface area contributed by atoms with Gasteiger partial charge in [0.1, 0.15) is 0 Å². The number of hydrogen-bond acceptors (Lipinski definition) is 4. The number of nitrogens with zero attached hydrogens (tertiary/aromatic N) is 2. The Morgan fingerprint density at radius 1 is 1.45 bits per heavy atom. The molecule has 1 aliphatic rings. The standard InChI is InChI=1S/C14H18N4OS/c1-10-8-20-9-13(10)14(19)17-11-6-16-18(7-11)12-2-4-15-5-3-12/h6-9,12,15H,2-5H2,1H3,(H,17,19). The molecule has 1 saturated heterocycles. The van der Waals surface area contributed by atoms with Crippen LogP contribution in [-0.2, 0) is 0 Å². The lowest BCUT2D eigenvalue weighted by atomic mass is 10.1. The van der Waals surface area contributed by atoms with Gasteiger partial charge in [0, 0.05) is 11.6 Å². The van der Waals surface area contributed by atoms with E-state index in [-0.39, 0.29) is 5.91 Å². The van der Waals surface area contributed by atoms with Crippen molar-refractivity contribution in [2.45, 2.75) is 25.8 Å². The summed E-state index contributed by atoms with van der Waals surface area (Å²) in [5.41, 5.74) is 2.52. The molecule has 0 aliphatic carbocycles. The molecule has 2 N–H and O–H groups in total. The van der Waals surface area contributed by atoms with Crippen LogP contribution in [0.5, 0.6) is 0 Å². The Balaban J connectivity index is 1.68. The Kier molecular flexibility index (Phi) is 3.84. The predicted octanol–water partition coefficient (Wildman–Crippen LogP) is 2.43. The first kappa shape index (κ1) is 13.3. The van der Waals surface area contributed by atoms with Crippen molar-refractivity contribution in [1.82, 2.24) is 15.1 Å². The zero-order valence-corrected chi connectivity index (χ0v) is 12.2. The summed E-state index contributed by atoms with van der Waals surface area (Å²) in [5.74, 6) is -0.0615. The number of thiophene rings is 1. The lowest BCUT2D eigenvalue weighted by molar-refractivity contribution is 0.102. The number of carbonyl (C=O) groups is 1. The molecule has 0 spiro atoms. The Hall–Kier alpha value is -1.66. The van der Waals surface area contributed by atoms with Crippen LogP contribution in [0.25, 0.3) is 0 Å². The summed E-state index contributed by atoms with van der Waals surface area (Å²) >= 11 is 1.54. The van der Waals surface area contributed by atoms with E-state index in [1.54, 1.807) is 17.5 Å². The van der Waals surface area contributed by atoms with Crippen LogP contribution < -0.4 is 10.6 Å². The summed E-state index contributed by atoms with van der Waals surface area (Å²) in [6.07, 6.45) is 5.81. The van der Waals surface area contributed by atoms with Gasteiger partial charge in [-0.15, -0.1) is 0 Å². The highest BCUT2D eigenvalue weighted by molar-refractivity contribution is 7.08. The number of amides is 1. The van der Waals surface area contributed by atoms with E-state index < -0.39 is 0 Å². The lowest BCUT2D eigenvalue weighted by Crippen LogP contribution is -2.29. The van der Waals surface area contributed by atoms with Crippen LogP contribution in [0.4, 0.5) is 5.69 Å². The second-order valence-electron chi connectivity index (χ2n) is 5.11. The van der Waals surface area contributed by atoms with E-state index in [9.17, 15) is 4.79 Å². The van der Waals surface area contributed by atoms with Gasteiger partial charge in [-0.05, 0) is 43.8 Å². The number of anilines is 1. The van der Waals surface area contributed by atoms with E-state index in [1.807, 2.05) is 28.6 Å². The van der Waals surface area contributed by atoms with Crippen molar-refractivity contribution in [3.05, 3.63) is 34.3 Å². The minimum Gasteiger partial charge on any atom is -0.319 e. The molecule has 2 aromatic heterocycles.